The van der Waals surface area contributed by atoms with Gasteiger partial charge in [0.2, 0.25) is 0 Å². The van der Waals surface area contributed by atoms with Crippen molar-refractivity contribution < 1.29 is 4.74 Å². The van der Waals surface area contributed by atoms with E-state index in [1.165, 1.54) is 30.4 Å². The summed E-state index contributed by atoms with van der Waals surface area (Å²) in [6.07, 6.45) is 5.91. The van der Waals surface area contributed by atoms with Gasteiger partial charge in [0.15, 0.2) is 0 Å². The predicted molar refractivity (Wildman–Crippen MR) is 83.7 cm³/mol. The van der Waals surface area contributed by atoms with Gasteiger partial charge in [-0.05, 0) is 36.5 Å². The fraction of sp³-hybridized carbons (Fsp3) is 0.625. The van der Waals surface area contributed by atoms with E-state index in [1.54, 1.807) is 7.11 Å². The highest BCUT2D eigenvalue weighted by molar-refractivity contribution is 9.10. The number of hydrogen-bond acceptors (Lipinski definition) is 2. The molecule has 0 saturated heterocycles. The zero-order valence-corrected chi connectivity index (χ0v) is 13.7. The maximum Gasteiger partial charge on any atom is 0.123 e. The van der Waals surface area contributed by atoms with Crippen molar-refractivity contribution in [1.29, 1.82) is 0 Å². The molecule has 0 bridgehead atoms. The second kappa shape index (κ2) is 5.84. The van der Waals surface area contributed by atoms with Gasteiger partial charge in [0.1, 0.15) is 5.75 Å². The third-order valence-corrected chi connectivity index (χ3v) is 4.64. The molecule has 1 saturated carbocycles. The van der Waals surface area contributed by atoms with Crippen molar-refractivity contribution in [2.75, 3.05) is 7.11 Å². The first-order valence-electron chi connectivity index (χ1n) is 7.15. The van der Waals surface area contributed by atoms with Crippen molar-refractivity contribution >= 4 is 15.9 Å². The number of methoxy groups -OCH3 is 1. The van der Waals surface area contributed by atoms with E-state index >= 15 is 0 Å². The topological polar surface area (TPSA) is 35.2 Å². The number of benzene rings is 1. The summed E-state index contributed by atoms with van der Waals surface area (Å²) in [6, 6.07) is 4.24. The van der Waals surface area contributed by atoms with Gasteiger partial charge in [0.25, 0.3) is 0 Å². The molecule has 0 spiro atoms. The van der Waals surface area contributed by atoms with Gasteiger partial charge in [-0.15, -0.1) is 0 Å². The minimum atomic E-state index is -0.186. The van der Waals surface area contributed by atoms with E-state index in [-0.39, 0.29) is 5.54 Å². The summed E-state index contributed by atoms with van der Waals surface area (Å²) < 4.78 is 6.63. The molecule has 2 N–H and O–H groups in total. The Kier molecular flexibility index (Phi) is 4.57. The molecule has 1 aromatic rings. The normalized spacial score (nSPS) is 18.6. The van der Waals surface area contributed by atoms with Crippen LogP contribution in [0.3, 0.4) is 0 Å². The van der Waals surface area contributed by atoms with Gasteiger partial charge in [-0.3, -0.25) is 0 Å². The fourth-order valence-corrected chi connectivity index (χ4v) is 3.66. The molecule has 1 fully saturated rings. The van der Waals surface area contributed by atoms with E-state index < -0.39 is 0 Å². The van der Waals surface area contributed by atoms with Crippen LogP contribution >= 0.6 is 15.9 Å². The molecule has 1 aliphatic rings. The average molecular weight is 326 g/mol. The van der Waals surface area contributed by atoms with E-state index in [2.05, 4.69) is 35.8 Å². The summed E-state index contributed by atoms with van der Waals surface area (Å²) in [6.45, 7) is 4.42. The van der Waals surface area contributed by atoms with Crippen molar-refractivity contribution in [2.45, 2.75) is 57.4 Å². The highest BCUT2D eigenvalue weighted by atomic mass is 79.9. The summed E-state index contributed by atoms with van der Waals surface area (Å²) >= 11 is 3.59. The molecular formula is C16H24BrNO. The minimum Gasteiger partial charge on any atom is -0.496 e. The van der Waals surface area contributed by atoms with Crippen molar-refractivity contribution in [3.05, 3.63) is 27.7 Å². The predicted octanol–water partition coefficient (Wildman–Crippen LogP) is 4.70. The van der Waals surface area contributed by atoms with Crippen LogP contribution in [0.5, 0.6) is 5.75 Å². The number of nitrogens with two attached hydrogens (primary N) is 1. The second-order valence-corrected chi connectivity index (χ2v) is 6.86. The van der Waals surface area contributed by atoms with Crippen LogP contribution in [0.4, 0.5) is 0 Å². The Bertz CT molecular complexity index is 450. The highest BCUT2D eigenvalue weighted by Crippen LogP contribution is 2.43. The Labute approximate surface area is 124 Å². The quantitative estimate of drug-likeness (QED) is 0.874. The lowest BCUT2D eigenvalue weighted by Crippen LogP contribution is -2.39. The Morgan fingerprint density at radius 1 is 1.21 bits per heavy atom. The van der Waals surface area contributed by atoms with Gasteiger partial charge in [-0.2, -0.15) is 0 Å². The van der Waals surface area contributed by atoms with Crippen LogP contribution in [-0.2, 0) is 5.54 Å². The average Bonchev–Trinajstić information content (AvgIpc) is 2.38. The van der Waals surface area contributed by atoms with Crippen molar-refractivity contribution in [3.63, 3.8) is 0 Å². The first-order valence-corrected chi connectivity index (χ1v) is 7.94. The smallest absolute Gasteiger partial charge is 0.123 e. The Morgan fingerprint density at radius 3 is 2.37 bits per heavy atom. The molecule has 2 rings (SSSR count). The Hall–Kier alpha value is -0.540. The molecule has 0 heterocycles. The van der Waals surface area contributed by atoms with Gasteiger partial charge < -0.3 is 10.5 Å². The third kappa shape index (κ3) is 2.97. The van der Waals surface area contributed by atoms with E-state index in [0.717, 1.165) is 23.1 Å². The lowest BCUT2D eigenvalue weighted by Gasteiger charge is -2.37. The van der Waals surface area contributed by atoms with Crippen LogP contribution in [-0.4, -0.2) is 7.11 Å². The van der Waals surface area contributed by atoms with E-state index in [1.807, 2.05) is 6.07 Å². The zero-order chi connectivity index (χ0) is 14.0. The largest absolute Gasteiger partial charge is 0.496 e. The number of halogens is 1. The van der Waals surface area contributed by atoms with Gasteiger partial charge in [-0.25, -0.2) is 0 Å². The fourth-order valence-electron chi connectivity index (χ4n) is 3.22. The van der Waals surface area contributed by atoms with Crippen molar-refractivity contribution in [3.8, 4) is 5.75 Å². The SMILES string of the molecule is COc1cc(Br)cc(C2(N)CCCCC2)c1C(C)C. The molecule has 0 unspecified atom stereocenters. The molecule has 1 aliphatic carbocycles. The molecule has 0 amide bonds. The first kappa shape index (κ1) is 14.9. The lowest BCUT2D eigenvalue weighted by atomic mass is 9.74. The first-order chi connectivity index (χ1) is 8.98. The Balaban J connectivity index is 2.56. The summed E-state index contributed by atoms with van der Waals surface area (Å²) in [7, 11) is 1.74. The van der Waals surface area contributed by atoms with Crippen LogP contribution in [0.25, 0.3) is 0 Å². The highest BCUT2D eigenvalue weighted by Gasteiger charge is 2.33. The van der Waals surface area contributed by atoms with Crippen LogP contribution in [0.1, 0.15) is 63.0 Å². The summed E-state index contributed by atoms with van der Waals surface area (Å²) in [5.74, 6) is 1.37. The van der Waals surface area contributed by atoms with E-state index in [9.17, 15) is 0 Å². The molecule has 2 nitrogen and oxygen atoms in total. The standard InChI is InChI=1S/C16H24BrNO/c1-11(2)15-13(9-12(17)10-14(15)19-3)16(18)7-5-4-6-8-16/h9-11H,4-8,18H2,1-3H3. The number of rotatable bonds is 3. The zero-order valence-electron chi connectivity index (χ0n) is 12.1. The van der Waals surface area contributed by atoms with E-state index in [0.29, 0.717) is 5.92 Å². The van der Waals surface area contributed by atoms with Crippen molar-refractivity contribution in [1.82, 2.24) is 0 Å². The second-order valence-electron chi connectivity index (χ2n) is 5.94. The van der Waals surface area contributed by atoms with Gasteiger partial charge in [0, 0.05) is 15.6 Å². The van der Waals surface area contributed by atoms with Crippen LogP contribution in [0.15, 0.2) is 16.6 Å². The third-order valence-electron chi connectivity index (χ3n) is 4.19. The van der Waals surface area contributed by atoms with Crippen LogP contribution in [0.2, 0.25) is 0 Å². The molecule has 19 heavy (non-hydrogen) atoms. The van der Waals surface area contributed by atoms with Gasteiger partial charge in [-0.1, -0.05) is 49.0 Å². The maximum absolute atomic E-state index is 6.74. The van der Waals surface area contributed by atoms with Crippen molar-refractivity contribution in [2.24, 2.45) is 5.73 Å². The Morgan fingerprint density at radius 2 is 1.84 bits per heavy atom. The molecule has 0 aliphatic heterocycles. The van der Waals surface area contributed by atoms with Gasteiger partial charge in [0.05, 0.1) is 7.11 Å². The molecule has 0 aromatic heterocycles. The van der Waals surface area contributed by atoms with E-state index in [4.69, 9.17) is 10.5 Å². The lowest BCUT2D eigenvalue weighted by molar-refractivity contribution is 0.297. The van der Waals surface area contributed by atoms with Gasteiger partial charge >= 0.3 is 0 Å². The monoisotopic (exact) mass is 325 g/mol. The molecule has 0 radical (unpaired) electrons. The summed E-state index contributed by atoms with van der Waals surface area (Å²) in [5.41, 5.74) is 9.09. The minimum absolute atomic E-state index is 0.186. The summed E-state index contributed by atoms with van der Waals surface area (Å²) in [4.78, 5) is 0. The number of hydrogen-bond donors (Lipinski definition) is 1. The summed E-state index contributed by atoms with van der Waals surface area (Å²) in [5, 5.41) is 0. The van der Waals surface area contributed by atoms with Crippen LogP contribution in [0, 0.1) is 0 Å². The molecular weight excluding hydrogens is 302 g/mol. The molecule has 0 atom stereocenters. The van der Waals surface area contributed by atoms with Crippen LogP contribution < -0.4 is 10.5 Å². The maximum atomic E-state index is 6.74. The molecule has 1 aromatic carbocycles. The molecule has 106 valence electrons. The number of ether oxygens (including phenoxy) is 1. The molecule has 3 heteroatoms.